The molecule has 1 aromatic rings. The van der Waals surface area contributed by atoms with Gasteiger partial charge in [0.15, 0.2) is 0 Å². The molecule has 3 unspecified atom stereocenters. The number of rotatable bonds is 9. The van der Waals surface area contributed by atoms with Crippen molar-refractivity contribution in [2.24, 2.45) is 11.8 Å². The van der Waals surface area contributed by atoms with Crippen LogP contribution in [-0.2, 0) is 14.4 Å². The van der Waals surface area contributed by atoms with E-state index in [1.54, 1.807) is 7.11 Å². The fourth-order valence-electron chi connectivity index (χ4n) is 4.77. The van der Waals surface area contributed by atoms with Gasteiger partial charge in [0.2, 0.25) is 17.7 Å². The number of nitrogens with zero attached hydrogens (tertiary/aromatic N) is 2. The van der Waals surface area contributed by atoms with E-state index in [0.29, 0.717) is 6.54 Å². The van der Waals surface area contributed by atoms with Crippen molar-refractivity contribution >= 4 is 17.7 Å². The predicted octanol–water partition coefficient (Wildman–Crippen LogP) is 2.37. The van der Waals surface area contributed by atoms with Crippen LogP contribution in [0.3, 0.4) is 0 Å². The van der Waals surface area contributed by atoms with Crippen molar-refractivity contribution in [2.45, 2.75) is 45.6 Å². The first-order valence-corrected chi connectivity index (χ1v) is 11.0. The number of carbonyl (C=O) groups excluding carboxylic acids is 3. The Morgan fingerprint density at radius 3 is 2.37 bits per heavy atom. The van der Waals surface area contributed by atoms with Crippen LogP contribution in [0.4, 0.5) is 0 Å². The molecule has 1 aromatic carbocycles. The maximum absolute atomic E-state index is 12.7. The van der Waals surface area contributed by atoms with E-state index in [2.05, 4.69) is 24.1 Å². The summed E-state index contributed by atoms with van der Waals surface area (Å²) in [4.78, 5) is 41.3. The van der Waals surface area contributed by atoms with Crippen LogP contribution in [0.15, 0.2) is 24.3 Å². The summed E-state index contributed by atoms with van der Waals surface area (Å²) in [5.41, 5.74) is 1.05. The zero-order valence-electron chi connectivity index (χ0n) is 18.2. The molecular weight excluding hydrogens is 382 g/mol. The smallest absolute Gasteiger partial charge is 0.240 e. The van der Waals surface area contributed by atoms with E-state index in [4.69, 9.17) is 4.74 Å². The number of hydrogen-bond donors (Lipinski definition) is 1. The third-order valence-electron chi connectivity index (χ3n) is 6.46. The molecule has 1 aliphatic heterocycles. The highest BCUT2D eigenvalue weighted by Gasteiger charge is 2.48. The molecule has 1 saturated carbocycles. The second-order valence-corrected chi connectivity index (χ2v) is 8.08. The molecule has 0 radical (unpaired) electrons. The largest absolute Gasteiger partial charge is 0.497 e. The molecule has 0 bridgehead atoms. The molecule has 7 nitrogen and oxygen atoms in total. The van der Waals surface area contributed by atoms with Gasteiger partial charge in [-0.15, -0.1) is 0 Å². The van der Waals surface area contributed by atoms with Gasteiger partial charge in [0, 0.05) is 6.54 Å². The number of benzene rings is 1. The maximum Gasteiger partial charge on any atom is 0.240 e. The molecule has 3 atom stereocenters. The number of fused-ring (bicyclic) bond motifs is 1. The number of amides is 3. The molecule has 1 N–H and O–H groups in total. The van der Waals surface area contributed by atoms with Crippen molar-refractivity contribution < 1.29 is 19.1 Å². The summed E-state index contributed by atoms with van der Waals surface area (Å²) in [5, 5.41) is 2.95. The number of nitrogens with one attached hydrogen (secondary N) is 1. The van der Waals surface area contributed by atoms with Gasteiger partial charge in [0.25, 0.3) is 0 Å². The summed E-state index contributed by atoms with van der Waals surface area (Å²) in [6.07, 6.45) is 3.47. The monoisotopic (exact) mass is 415 g/mol. The van der Waals surface area contributed by atoms with Gasteiger partial charge in [-0.2, -0.15) is 0 Å². The molecule has 0 aromatic heterocycles. The highest BCUT2D eigenvalue weighted by molar-refractivity contribution is 6.07. The van der Waals surface area contributed by atoms with E-state index >= 15 is 0 Å². The summed E-state index contributed by atoms with van der Waals surface area (Å²) in [6, 6.07) is 7.82. The topological polar surface area (TPSA) is 79.0 Å². The Morgan fingerprint density at radius 2 is 1.80 bits per heavy atom. The Labute approximate surface area is 178 Å². The molecule has 2 fully saturated rings. The SMILES string of the molecule is CCN(CC)C(CNC(=O)CN1C(=O)C2CCCCC2C1=O)c1cccc(OC)c1. The van der Waals surface area contributed by atoms with Gasteiger partial charge in [-0.3, -0.25) is 24.2 Å². The van der Waals surface area contributed by atoms with E-state index < -0.39 is 0 Å². The molecule has 3 amide bonds. The first-order chi connectivity index (χ1) is 14.5. The second-order valence-electron chi connectivity index (χ2n) is 8.08. The predicted molar refractivity (Wildman–Crippen MR) is 114 cm³/mol. The standard InChI is InChI=1S/C23H33N3O4/c1-4-25(5-2)20(16-9-8-10-17(13-16)30-3)14-24-21(27)15-26-22(28)18-11-6-7-12-19(18)23(26)29/h8-10,13,18-20H,4-7,11-12,14-15H2,1-3H3,(H,24,27). The van der Waals surface area contributed by atoms with Crippen LogP contribution < -0.4 is 10.1 Å². The van der Waals surface area contributed by atoms with Gasteiger partial charge >= 0.3 is 0 Å². The Balaban J connectivity index is 1.65. The van der Waals surface area contributed by atoms with Gasteiger partial charge in [-0.05, 0) is 43.6 Å². The molecule has 164 valence electrons. The van der Waals surface area contributed by atoms with E-state index in [1.165, 1.54) is 4.90 Å². The third kappa shape index (κ3) is 4.67. The lowest BCUT2D eigenvalue weighted by molar-refractivity contribution is -0.143. The number of carbonyl (C=O) groups is 3. The van der Waals surface area contributed by atoms with Crippen LogP contribution in [-0.4, -0.2) is 60.8 Å². The Morgan fingerprint density at radius 1 is 1.17 bits per heavy atom. The second kappa shape index (κ2) is 10.1. The van der Waals surface area contributed by atoms with Crippen LogP contribution in [0.5, 0.6) is 5.75 Å². The molecular formula is C23H33N3O4. The third-order valence-corrected chi connectivity index (χ3v) is 6.46. The molecule has 3 rings (SSSR count). The van der Waals surface area contributed by atoms with E-state index in [-0.39, 0.29) is 42.1 Å². The number of hydrogen-bond acceptors (Lipinski definition) is 5. The molecule has 30 heavy (non-hydrogen) atoms. The highest BCUT2D eigenvalue weighted by Crippen LogP contribution is 2.37. The molecule has 2 aliphatic rings. The summed E-state index contributed by atoms with van der Waals surface area (Å²) in [7, 11) is 1.63. The van der Waals surface area contributed by atoms with E-state index in [1.807, 2.05) is 24.3 Å². The molecule has 0 spiro atoms. The van der Waals surface area contributed by atoms with E-state index in [9.17, 15) is 14.4 Å². The number of methoxy groups -OCH3 is 1. The van der Waals surface area contributed by atoms with Gasteiger partial charge in [0.05, 0.1) is 25.0 Å². The Hall–Kier alpha value is -2.41. The average Bonchev–Trinajstić information content (AvgIpc) is 3.01. The summed E-state index contributed by atoms with van der Waals surface area (Å²) in [5.74, 6) is -0.318. The summed E-state index contributed by atoms with van der Waals surface area (Å²) >= 11 is 0. The Kier molecular flexibility index (Phi) is 7.48. The van der Waals surface area contributed by atoms with E-state index in [0.717, 1.165) is 50.1 Å². The lowest BCUT2D eigenvalue weighted by Crippen LogP contribution is -2.44. The number of imide groups is 1. The Bertz CT molecular complexity index is 753. The summed E-state index contributed by atoms with van der Waals surface area (Å²) < 4.78 is 5.35. The average molecular weight is 416 g/mol. The molecule has 7 heteroatoms. The minimum Gasteiger partial charge on any atom is -0.497 e. The summed E-state index contributed by atoms with van der Waals surface area (Å²) in [6.45, 7) is 6.05. The highest BCUT2D eigenvalue weighted by atomic mass is 16.5. The van der Waals surface area contributed by atoms with Crippen LogP contribution >= 0.6 is 0 Å². The van der Waals surface area contributed by atoms with Crippen molar-refractivity contribution in [1.29, 1.82) is 0 Å². The van der Waals surface area contributed by atoms with Crippen molar-refractivity contribution in [3.05, 3.63) is 29.8 Å². The first-order valence-electron chi connectivity index (χ1n) is 11.0. The quantitative estimate of drug-likeness (QED) is 0.627. The normalized spacial score (nSPS) is 22.2. The number of likely N-dealkylation sites (N-methyl/N-ethyl adjacent to an activating group) is 1. The first kappa shape index (κ1) is 22.3. The van der Waals surface area contributed by atoms with Gasteiger partial charge in [-0.1, -0.05) is 38.8 Å². The lowest BCUT2D eigenvalue weighted by Gasteiger charge is -2.30. The number of likely N-dealkylation sites (tertiary alicyclic amines) is 1. The zero-order chi connectivity index (χ0) is 21.7. The van der Waals surface area contributed by atoms with Crippen LogP contribution in [0.1, 0.15) is 51.1 Å². The maximum atomic E-state index is 12.7. The van der Waals surface area contributed by atoms with Crippen LogP contribution in [0.2, 0.25) is 0 Å². The fourth-order valence-corrected chi connectivity index (χ4v) is 4.77. The van der Waals surface area contributed by atoms with Gasteiger partial charge in [-0.25, -0.2) is 0 Å². The van der Waals surface area contributed by atoms with Gasteiger partial charge in [0.1, 0.15) is 12.3 Å². The fraction of sp³-hybridized carbons (Fsp3) is 0.609. The van der Waals surface area contributed by atoms with Crippen molar-refractivity contribution in [2.75, 3.05) is 33.3 Å². The number of ether oxygens (including phenoxy) is 1. The molecule has 1 saturated heterocycles. The lowest BCUT2D eigenvalue weighted by atomic mass is 9.81. The molecule has 1 heterocycles. The van der Waals surface area contributed by atoms with Gasteiger partial charge < -0.3 is 10.1 Å². The van der Waals surface area contributed by atoms with Crippen LogP contribution in [0.25, 0.3) is 0 Å². The minimum atomic E-state index is -0.296. The molecule has 1 aliphatic carbocycles. The van der Waals surface area contributed by atoms with Crippen molar-refractivity contribution in [3.63, 3.8) is 0 Å². The van der Waals surface area contributed by atoms with Crippen molar-refractivity contribution in [3.8, 4) is 5.75 Å². The van der Waals surface area contributed by atoms with Crippen molar-refractivity contribution in [1.82, 2.24) is 15.1 Å². The minimum absolute atomic E-state index is 0.0217. The van der Waals surface area contributed by atoms with Crippen LogP contribution in [0, 0.1) is 11.8 Å². The zero-order valence-corrected chi connectivity index (χ0v) is 18.2.